The Morgan fingerprint density at radius 2 is 1.81 bits per heavy atom. The summed E-state index contributed by atoms with van der Waals surface area (Å²) in [5, 5.41) is 9.03. The Labute approximate surface area is 183 Å². The van der Waals surface area contributed by atoms with E-state index in [1.54, 1.807) is 79.2 Å². The highest BCUT2D eigenvalue weighted by molar-refractivity contribution is 6.05. The summed E-state index contributed by atoms with van der Waals surface area (Å²) in [7, 11) is 3.32. The van der Waals surface area contributed by atoms with Crippen LogP contribution in [0, 0.1) is 0 Å². The lowest BCUT2D eigenvalue weighted by Crippen LogP contribution is -2.12. The SMILES string of the molecule is CNc1cc(C(=O)Nc2ccc(Nc3cccc4nc(C(F)F)cn34)cc2)ccc1OC. The largest absolute Gasteiger partial charge is 0.495 e. The molecule has 0 saturated carbocycles. The summed E-state index contributed by atoms with van der Waals surface area (Å²) >= 11 is 0. The van der Waals surface area contributed by atoms with Crippen LogP contribution < -0.4 is 20.7 Å². The number of nitrogens with zero attached hydrogens (tertiary/aromatic N) is 2. The number of benzene rings is 2. The first-order valence-electron chi connectivity index (χ1n) is 9.79. The Morgan fingerprint density at radius 3 is 2.50 bits per heavy atom. The Hall–Kier alpha value is -4.14. The first-order chi connectivity index (χ1) is 15.5. The van der Waals surface area contributed by atoms with E-state index in [2.05, 4.69) is 20.9 Å². The number of alkyl halides is 2. The molecule has 3 N–H and O–H groups in total. The molecule has 0 saturated heterocycles. The third-order valence-corrected chi connectivity index (χ3v) is 4.88. The van der Waals surface area contributed by atoms with Gasteiger partial charge in [0.1, 0.15) is 22.9 Å². The average molecular weight is 437 g/mol. The van der Waals surface area contributed by atoms with Crippen molar-refractivity contribution in [3.05, 3.63) is 78.1 Å². The van der Waals surface area contributed by atoms with Crippen molar-refractivity contribution in [1.29, 1.82) is 0 Å². The number of fused-ring (bicyclic) bond motifs is 1. The number of hydrogen-bond acceptors (Lipinski definition) is 5. The number of nitrogens with one attached hydrogen (secondary N) is 3. The number of carbonyl (C=O) groups excluding carboxylic acids is 1. The molecule has 0 unspecified atom stereocenters. The summed E-state index contributed by atoms with van der Waals surface area (Å²) in [5.74, 6) is 0.983. The van der Waals surface area contributed by atoms with Crippen LogP contribution in [0.4, 0.5) is 31.7 Å². The normalized spacial score (nSPS) is 10.9. The van der Waals surface area contributed by atoms with Crippen molar-refractivity contribution >= 4 is 34.4 Å². The van der Waals surface area contributed by atoms with E-state index in [-0.39, 0.29) is 11.6 Å². The number of methoxy groups -OCH3 is 1. The zero-order chi connectivity index (χ0) is 22.7. The van der Waals surface area contributed by atoms with Crippen LogP contribution in [0.5, 0.6) is 5.75 Å². The molecular formula is C23H21F2N5O2. The Bertz CT molecular complexity index is 1260. The van der Waals surface area contributed by atoms with Crippen LogP contribution in [0.2, 0.25) is 0 Å². The molecule has 0 atom stereocenters. The minimum absolute atomic E-state index is 0.257. The van der Waals surface area contributed by atoms with Gasteiger partial charge in [0.15, 0.2) is 0 Å². The van der Waals surface area contributed by atoms with Crippen LogP contribution in [-0.4, -0.2) is 29.4 Å². The lowest BCUT2D eigenvalue weighted by atomic mass is 10.1. The third kappa shape index (κ3) is 4.31. The van der Waals surface area contributed by atoms with Gasteiger partial charge in [-0.05, 0) is 54.6 Å². The van der Waals surface area contributed by atoms with Crippen molar-refractivity contribution < 1.29 is 18.3 Å². The van der Waals surface area contributed by atoms with Gasteiger partial charge in [0.25, 0.3) is 12.3 Å². The number of aromatic nitrogens is 2. The number of rotatable bonds is 7. The molecule has 9 heteroatoms. The van der Waals surface area contributed by atoms with E-state index in [9.17, 15) is 13.6 Å². The second-order valence-electron chi connectivity index (χ2n) is 6.93. The van der Waals surface area contributed by atoms with E-state index in [0.717, 1.165) is 5.69 Å². The number of imidazole rings is 1. The summed E-state index contributed by atoms with van der Waals surface area (Å²) in [6, 6.07) is 17.4. The minimum Gasteiger partial charge on any atom is -0.495 e. The molecule has 0 fully saturated rings. The fourth-order valence-corrected chi connectivity index (χ4v) is 3.27. The molecule has 2 aromatic carbocycles. The van der Waals surface area contributed by atoms with Gasteiger partial charge in [-0.2, -0.15) is 0 Å². The van der Waals surface area contributed by atoms with Gasteiger partial charge in [-0.25, -0.2) is 13.8 Å². The summed E-state index contributed by atoms with van der Waals surface area (Å²) < 4.78 is 32.8. The number of anilines is 4. The van der Waals surface area contributed by atoms with Crippen LogP contribution in [0.1, 0.15) is 22.5 Å². The fourth-order valence-electron chi connectivity index (χ4n) is 3.27. The molecule has 2 heterocycles. The molecule has 0 aliphatic rings. The smallest absolute Gasteiger partial charge is 0.281 e. The molecule has 0 aliphatic heterocycles. The summed E-state index contributed by atoms with van der Waals surface area (Å²) in [5.41, 5.74) is 2.68. The summed E-state index contributed by atoms with van der Waals surface area (Å²) in [4.78, 5) is 16.5. The van der Waals surface area contributed by atoms with Crippen LogP contribution in [0.25, 0.3) is 5.65 Å². The molecular weight excluding hydrogens is 416 g/mol. The molecule has 164 valence electrons. The van der Waals surface area contributed by atoms with Crippen molar-refractivity contribution in [3.63, 3.8) is 0 Å². The molecule has 2 aromatic heterocycles. The van der Waals surface area contributed by atoms with Crippen LogP contribution in [0.15, 0.2) is 66.9 Å². The monoisotopic (exact) mass is 437 g/mol. The molecule has 0 bridgehead atoms. The molecule has 7 nitrogen and oxygen atoms in total. The predicted octanol–water partition coefficient (Wildman–Crippen LogP) is 5.32. The van der Waals surface area contributed by atoms with Crippen molar-refractivity contribution in [2.45, 2.75) is 6.43 Å². The fraction of sp³-hybridized carbons (Fsp3) is 0.130. The predicted molar refractivity (Wildman–Crippen MR) is 120 cm³/mol. The standard InChI is InChI=1S/C23H21F2N5O2/c1-26-17-12-14(6-11-19(17)32-2)23(31)28-16-9-7-15(8-10-16)27-20-4-3-5-21-29-18(22(24)25)13-30(20)21/h3-13,22,26-27H,1-2H3,(H,28,31). The van der Waals surface area contributed by atoms with Gasteiger partial charge in [0, 0.05) is 30.2 Å². The highest BCUT2D eigenvalue weighted by Gasteiger charge is 2.14. The van der Waals surface area contributed by atoms with Gasteiger partial charge in [0.05, 0.1) is 12.8 Å². The van der Waals surface area contributed by atoms with Crippen LogP contribution in [0.3, 0.4) is 0 Å². The lowest BCUT2D eigenvalue weighted by molar-refractivity contribution is 0.102. The number of carbonyl (C=O) groups is 1. The summed E-state index contributed by atoms with van der Waals surface area (Å²) in [6.07, 6.45) is -1.33. The van der Waals surface area contributed by atoms with E-state index in [1.165, 1.54) is 6.20 Å². The molecule has 4 rings (SSSR count). The van der Waals surface area contributed by atoms with Gasteiger partial charge in [-0.15, -0.1) is 0 Å². The van der Waals surface area contributed by atoms with Crippen molar-refractivity contribution in [2.24, 2.45) is 0 Å². The van der Waals surface area contributed by atoms with Crippen LogP contribution in [-0.2, 0) is 0 Å². The number of hydrogen-bond donors (Lipinski definition) is 3. The van der Waals surface area contributed by atoms with E-state index < -0.39 is 6.43 Å². The zero-order valence-corrected chi connectivity index (χ0v) is 17.4. The third-order valence-electron chi connectivity index (χ3n) is 4.88. The molecule has 0 radical (unpaired) electrons. The van der Waals surface area contributed by atoms with Gasteiger partial charge < -0.3 is 20.7 Å². The van der Waals surface area contributed by atoms with Crippen LogP contribution >= 0.6 is 0 Å². The first-order valence-corrected chi connectivity index (χ1v) is 9.79. The van der Waals surface area contributed by atoms with Crippen molar-refractivity contribution in [2.75, 3.05) is 30.1 Å². The maximum atomic E-state index is 13.0. The molecule has 32 heavy (non-hydrogen) atoms. The first kappa shape index (κ1) is 21.1. The minimum atomic E-state index is -2.64. The van der Waals surface area contributed by atoms with Gasteiger partial charge in [-0.3, -0.25) is 9.20 Å². The number of halogens is 2. The van der Waals surface area contributed by atoms with E-state index in [0.29, 0.717) is 34.2 Å². The van der Waals surface area contributed by atoms with E-state index >= 15 is 0 Å². The Morgan fingerprint density at radius 1 is 1.06 bits per heavy atom. The number of amides is 1. The molecule has 1 amide bonds. The Kier molecular flexibility index (Phi) is 5.89. The molecule has 0 aliphatic carbocycles. The van der Waals surface area contributed by atoms with Gasteiger partial charge >= 0.3 is 0 Å². The van der Waals surface area contributed by atoms with Gasteiger partial charge in [0.2, 0.25) is 0 Å². The van der Waals surface area contributed by atoms with Crippen molar-refractivity contribution in [3.8, 4) is 5.75 Å². The maximum absolute atomic E-state index is 13.0. The highest BCUT2D eigenvalue weighted by Crippen LogP contribution is 2.26. The second-order valence-corrected chi connectivity index (χ2v) is 6.93. The quantitative estimate of drug-likeness (QED) is 0.365. The molecule has 0 spiro atoms. The van der Waals surface area contributed by atoms with E-state index in [1.807, 2.05) is 0 Å². The van der Waals surface area contributed by atoms with Gasteiger partial charge in [-0.1, -0.05) is 6.07 Å². The molecule has 4 aromatic rings. The lowest BCUT2D eigenvalue weighted by Gasteiger charge is -2.12. The van der Waals surface area contributed by atoms with E-state index in [4.69, 9.17) is 4.74 Å². The number of pyridine rings is 1. The Balaban J connectivity index is 1.48. The zero-order valence-electron chi connectivity index (χ0n) is 17.4. The maximum Gasteiger partial charge on any atom is 0.281 e. The second kappa shape index (κ2) is 8.93. The topological polar surface area (TPSA) is 79.7 Å². The average Bonchev–Trinajstić information content (AvgIpc) is 3.26. The highest BCUT2D eigenvalue weighted by atomic mass is 19.3. The van der Waals surface area contributed by atoms with Crippen molar-refractivity contribution in [1.82, 2.24) is 9.38 Å². The number of ether oxygens (including phenoxy) is 1. The summed E-state index contributed by atoms with van der Waals surface area (Å²) in [6.45, 7) is 0.